The van der Waals surface area contributed by atoms with Crippen LogP contribution >= 0.6 is 11.6 Å². The molecule has 0 saturated carbocycles. The topological polar surface area (TPSA) is 135 Å². The maximum Gasteiger partial charge on any atom is 0.323 e. The summed E-state index contributed by atoms with van der Waals surface area (Å²) in [6.45, 7) is 3.70. The number of nitrogens with one attached hydrogen (secondary N) is 2. The van der Waals surface area contributed by atoms with Crippen LogP contribution in [0.5, 0.6) is 0 Å². The number of rotatable bonds is 10. The van der Waals surface area contributed by atoms with Gasteiger partial charge in [0, 0.05) is 18.4 Å². The van der Waals surface area contributed by atoms with E-state index in [4.69, 9.17) is 22.1 Å². The number of H-pyrrole nitrogens is 2. The van der Waals surface area contributed by atoms with Crippen molar-refractivity contribution in [2.24, 2.45) is 5.73 Å². The van der Waals surface area contributed by atoms with E-state index in [1.54, 1.807) is 6.92 Å². The van der Waals surface area contributed by atoms with Gasteiger partial charge in [0.1, 0.15) is 18.0 Å². The third kappa shape index (κ3) is 5.93. The van der Waals surface area contributed by atoms with Crippen LogP contribution in [0.2, 0.25) is 5.15 Å². The Morgan fingerprint density at radius 1 is 1.17 bits per heavy atom. The minimum atomic E-state index is -0.769. The van der Waals surface area contributed by atoms with Crippen molar-refractivity contribution < 1.29 is 9.53 Å². The lowest BCUT2D eigenvalue weighted by atomic mass is 9.95. The highest BCUT2D eigenvalue weighted by molar-refractivity contribution is 6.30. The molecule has 2 aromatic carbocycles. The van der Waals surface area contributed by atoms with Gasteiger partial charge in [0.2, 0.25) is 5.82 Å². The molecule has 0 fully saturated rings. The Balaban J connectivity index is 1.70. The molecule has 0 unspecified atom stereocenters. The van der Waals surface area contributed by atoms with Gasteiger partial charge in [-0.15, -0.1) is 10.2 Å². The summed E-state index contributed by atoms with van der Waals surface area (Å²) >= 11 is 6.47. The van der Waals surface area contributed by atoms with Gasteiger partial charge in [0.15, 0.2) is 5.15 Å². The van der Waals surface area contributed by atoms with Crippen molar-refractivity contribution in [3.63, 3.8) is 0 Å². The van der Waals surface area contributed by atoms with Crippen LogP contribution in [0.3, 0.4) is 0 Å². The molecular weight excluding hydrogens is 466 g/mol. The fraction of sp³-hybridized carbons (Fsp3) is 0.320. The van der Waals surface area contributed by atoms with E-state index in [9.17, 15) is 4.79 Å². The molecule has 4 aromatic rings. The van der Waals surface area contributed by atoms with Gasteiger partial charge in [-0.2, -0.15) is 5.21 Å². The number of hydrogen-bond donors (Lipinski definition) is 3. The molecule has 0 aliphatic carbocycles. The van der Waals surface area contributed by atoms with Gasteiger partial charge in [-0.05, 0) is 41.3 Å². The number of aryl methyl sites for hydroxylation is 1. The molecule has 2 atom stereocenters. The van der Waals surface area contributed by atoms with E-state index in [0.717, 1.165) is 47.3 Å². The first kappa shape index (κ1) is 24.6. The number of halogens is 1. The quantitative estimate of drug-likeness (QED) is 0.278. The van der Waals surface area contributed by atoms with E-state index < -0.39 is 18.1 Å². The smallest absolute Gasteiger partial charge is 0.323 e. The normalized spacial score (nSPS) is 12.9. The summed E-state index contributed by atoms with van der Waals surface area (Å²) in [5.74, 6) is 0.715. The fourth-order valence-corrected chi connectivity index (χ4v) is 4.07. The molecule has 0 radical (unpaired) electrons. The van der Waals surface area contributed by atoms with E-state index in [1.807, 2.05) is 48.5 Å². The number of esters is 1. The van der Waals surface area contributed by atoms with Crippen LogP contribution in [-0.4, -0.2) is 42.6 Å². The van der Waals surface area contributed by atoms with E-state index in [0.29, 0.717) is 17.9 Å². The molecule has 35 heavy (non-hydrogen) atoms. The zero-order valence-corrected chi connectivity index (χ0v) is 20.4. The Kier molecular flexibility index (Phi) is 7.89. The van der Waals surface area contributed by atoms with Gasteiger partial charge in [0.05, 0.1) is 5.69 Å². The summed E-state index contributed by atoms with van der Waals surface area (Å²) in [7, 11) is 0. The average molecular weight is 494 g/mol. The first-order chi connectivity index (χ1) is 17.0. The van der Waals surface area contributed by atoms with Crippen molar-refractivity contribution in [1.82, 2.24) is 30.6 Å². The number of imidazole rings is 1. The lowest BCUT2D eigenvalue weighted by Gasteiger charge is -2.19. The van der Waals surface area contributed by atoms with Crippen LogP contribution in [0.25, 0.3) is 22.5 Å². The van der Waals surface area contributed by atoms with Gasteiger partial charge < -0.3 is 15.5 Å². The number of nitrogens with two attached hydrogens (primary N) is 1. The summed E-state index contributed by atoms with van der Waals surface area (Å²) in [4.78, 5) is 20.1. The number of carbonyl (C=O) groups is 1. The second kappa shape index (κ2) is 11.2. The van der Waals surface area contributed by atoms with Crippen LogP contribution in [0.4, 0.5) is 0 Å². The van der Waals surface area contributed by atoms with Crippen molar-refractivity contribution in [2.75, 3.05) is 0 Å². The number of tetrazole rings is 1. The van der Waals surface area contributed by atoms with Crippen LogP contribution in [-0.2, 0) is 22.4 Å². The zero-order chi connectivity index (χ0) is 24.8. The fourth-order valence-electron chi connectivity index (χ4n) is 3.80. The number of ether oxygens (including phenoxy) is 1. The monoisotopic (exact) mass is 493 g/mol. The Hall–Kier alpha value is -3.56. The second-order valence-corrected chi connectivity index (χ2v) is 8.75. The Labute approximate surface area is 208 Å². The molecular formula is C25H28ClN7O2. The van der Waals surface area contributed by atoms with Crippen molar-refractivity contribution in [1.29, 1.82) is 0 Å². The van der Waals surface area contributed by atoms with Crippen LogP contribution in [0.1, 0.15) is 49.9 Å². The summed E-state index contributed by atoms with van der Waals surface area (Å²) < 4.78 is 5.78. The van der Waals surface area contributed by atoms with E-state index in [1.165, 1.54) is 0 Å². The molecule has 0 spiro atoms. The number of unbranched alkanes of at least 4 members (excludes halogenated alkanes) is 1. The maximum atomic E-state index is 12.4. The standard InChI is InChI=1S/C25H28ClN7O2/c1-3-4-10-21-28-22(23(26)29-21)20(35-25(34)15(2)27)14-16-11-12-18(17-8-6-5-7-9-17)19(13-16)24-30-32-33-31-24/h5-9,11-13,15,20H,3-4,10,14,27H2,1-2H3,(H,28,29)(H,30,31,32,33)/t15-,20-/m0/s1. The highest BCUT2D eigenvalue weighted by Crippen LogP contribution is 2.33. The van der Waals surface area contributed by atoms with E-state index in [-0.39, 0.29) is 5.15 Å². The lowest BCUT2D eigenvalue weighted by molar-refractivity contribution is -0.150. The van der Waals surface area contributed by atoms with Crippen molar-refractivity contribution >= 4 is 17.6 Å². The number of carbonyl (C=O) groups excluding carboxylic acids is 1. The minimum Gasteiger partial charge on any atom is -0.454 e. The number of aromatic amines is 2. The summed E-state index contributed by atoms with van der Waals surface area (Å²) in [5, 5.41) is 14.9. The molecule has 0 aliphatic rings. The van der Waals surface area contributed by atoms with Crippen LogP contribution in [0, 0.1) is 0 Å². The maximum absolute atomic E-state index is 12.4. The van der Waals surface area contributed by atoms with Crippen molar-refractivity contribution in [2.45, 2.75) is 51.7 Å². The van der Waals surface area contributed by atoms with E-state index in [2.05, 4.69) is 37.5 Å². The molecule has 0 bridgehead atoms. The molecule has 0 amide bonds. The highest BCUT2D eigenvalue weighted by Gasteiger charge is 2.25. The predicted molar refractivity (Wildman–Crippen MR) is 133 cm³/mol. The number of hydrogen-bond acceptors (Lipinski definition) is 7. The third-order valence-electron chi connectivity index (χ3n) is 5.63. The lowest BCUT2D eigenvalue weighted by Crippen LogP contribution is -2.30. The molecule has 10 heteroatoms. The molecule has 4 rings (SSSR count). The van der Waals surface area contributed by atoms with Crippen molar-refractivity contribution in [3.8, 4) is 22.5 Å². The second-order valence-electron chi connectivity index (χ2n) is 8.39. The summed E-state index contributed by atoms with van der Waals surface area (Å²) in [6.07, 6.45) is 2.43. The van der Waals surface area contributed by atoms with Crippen molar-refractivity contribution in [3.05, 3.63) is 70.8 Å². The zero-order valence-electron chi connectivity index (χ0n) is 19.7. The van der Waals surface area contributed by atoms with Gasteiger partial charge in [-0.25, -0.2) is 4.98 Å². The first-order valence-electron chi connectivity index (χ1n) is 11.6. The minimum absolute atomic E-state index is 0.290. The van der Waals surface area contributed by atoms with Gasteiger partial charge in [-0.3, -0.25) is 4.79 Å². The molecule has 4 N–H and O–H groups in total. The molecule has 0 saturated heterocycles. The number of benzene rings is 2. The van der Waals surface area contributed by atoms with Crippen LogP contribution < -0.4 is 5.73 Å². The first-order valence-corrected chi connectivity index (χ1v) is 12.0. The average Bonchev–Trinajstić information content (AvgIpc) is 3.52. The number of aromatic nitrogens is 6. The molecule has 2 heterocycles. The van der Waals surface area contributed by atoms with Crippen LogP contribution in [0.15, 0.2) is 48.5 Å². The SMILES string of the molecule is CCCCc1nc(Cl)c([C@H](Cc2ccc(-c3ccccc3)c(-c3nn[nH]n3)c2)OC(=O)[C@H](C)N)[nH]1. The molecule has 2 aromatic heterocycles. The van der Waals surface area contributed by atoms with Gasteiger partial charge in [0.25, 0.3) is 0 Å². The van der Waals surface area contributed by atoms with Gasteiger partial charge in [-0.1, -0.05) is 67.4 Å². The molecule has 182 valence electrons. The highest BCUT2D eigenvalue weighted by atomic mass is 35.5. The van der Waals surface area contributed by atoms with E-state index >= 15 is 0 Å². The number of nitrogens with zero attached hydrogens (tertiary/aromatic N) is 4. The van der Waals surface area contributed by atoms with Gasteiger partial charge >= 0.3 is 5.97 Å². The Bertz CT molecular complexity index is 1260. The molecule has 9 nitrogen and oxygen atoms in total. The Morgan fingerprint density at radius 3 is 2.66 bits per heavy atom. The largest absolute Gasteiger partial charge is 0.454 e. The Morgan fingerprint density at radius 2 is 1.97 bits per heavy atom. The molecule has 0 aliphatic heterocycles. The third-order valence-corrected chi connectivity index (χ3v) is 5.92. The summed E-state index contributed by atoms with van der Waals surface area (Å²) in [5.41, 5.74) is 10.0. The predicted octanol–water partition coefficient (Wildman–Crippen LogP) is 4.43. The summed E-state index contributed by atoms with van der Waals surface area (Å²) in [6, 6.07) is 15.2.